The third-order valence-electron chi connectivity index (χ3n) is 6.24. The standard InChI is InChI=1S/C27H32N4O2/c1-18-14-15-24(21(28)17-18)31-25(32)13-3-2-8-16-29-27(33)26-19-9-4-6-11-22(19)30-23-12-7-5-10-20(23)26/h4,6,9,11,14-15,17H,2-3,5,7-8,10,12-13,16,28H2,1H3,(H,29,33)(H,31,32). The average Bonchev–Trinajstić information content (AvgIpc) is 2.81. The molecule has 0 aliphatic heterocycles. The number of hydrogen-bond acceptors (Lipinski definition) is 4. The third kappa shape index (κ3) is 5.51. The molecule has 1 aliphatic carbocycles. The van der Waals surface area contributed by atoms with E-state index in [2.05, 4.69) is 10.6 Å². The fourth-order valence-electron chi connectivity index (χ4n) is 4.52. The first kappa shape index (κ1) is 22.8. The number of nitrogens with zero attached hydrogens (tertiary/aromatic N) is 1. The number of amides is 2. The molecule has 1 aromatic heterocycles. The Balaban J connectivity index is 1.26. The molecule has 33 heavy (non-hydrogen) atoms. The van der Waals surface area contributed by atoms with Gasteiger partial charge >= 0.3 is 0 Å². The zero-order valence-corrected chi connectivity index (χ0v) is 19.2. The number of pyridine rings is 1. The van der Waals surface area contributed by atoms with Gasteiger partial charge in [0.1, 0.15) is 0 Å². The number of nitrogen functional groups attached to an aromatic ring is 1. The normalized spacial score (nSPS) is 12.9. The number of hydrogen-bond donors (Lipinski definition) is 3. The summed E-state index contributed by atoms with van der Waals surface area (Å²) in [5.41, 5.74) is 12.1. The SMILES string of the molecule is Cc1ccc(NC(=O)CCCCCNC(=O)c2c3c(nc4ccccc24)CCCC3)c(N)c1. The molecule has 3 aromatic rings. The van der Waals surface area contributed by atoms with Gasteiger partial charge < -0.3 is 16.4 Å². The van der Waals surface area contributed by atoms with E-state index in [4.69, 9.17) is 10.7 Å². The molecule has 6 nitrogen and oxygen atoms in total. The van der Waals surface area contributed by atoms with Crippen LogP contribution in [-0.2, 0) is 17.6 Å². The Kier molecular flexibility index (Phi) is 7.23. The van der Waals surface area contributed by atoms with E-state index in [1.807, 2.05) is 49.4 Å². The molecule has 0 fully saturated rings. The lowest BCUT2D eigenvalue weighted by molar-refractivity contribution is -0.116. The number of carbonyl (C=O) groups excluding carboxylic acids is 2. The summed E-state index contributed by atoms with van der Waals surface area (Å²) in [4.78, 5) is 30.1. The second-order valence-corrected chi connectivity index (χ2v) is 8.84. The fraction of sp³-hybridized carbons (Fsp3) is 0.370. The summed E-state index contributed by atoms with van der Waals surface area (Å²) in [6, 6.07) is 13.5. The number of unbranched alkanes of at least 4 members (excludes halogenated alkanes) is 2. The molecular formula is C27H32N4O2. The molecule has 0 atom stereocenters. The molecule has 1 heterocycles. The van der Waals surface area contributed by atoms with Gasteiger partial charge in [-0.1, -0.05) is 30.7 Å². The van der Waals surface area contributed by atoms with Crippen LogP contribution in [0.4, 0.5) is 11.4 Å². The van der Waals surface area contributed by atoms with Crippen LogP contribution in [0.2, 0.25) is 0 Å². The molecule has 0 saturated carbocycles. The molecule has 4 rings (SSSR count). The minimum Gasteiger partial charge on any atom is -0.397 e. The van der Waals surface area contributed by atoms with Gasteiger partial charge in [0.15, 0.2) is 0 Å². The van der Waals surface area contributed by atoms with E-state index in [1.54, 1.807) is 0 Å². The summed E-state index contributed by atoms with van der Waals surface area (Å²) >= 11 is 0. The highest BCUT2D eigenvalue weighted by Crippen LogP contribution is 2.29. The minimum atomic E-state index is -0.0375. The van der Waals surface area contributed by atoms with Gasteiger partial charge in [0, 0.05) is 24.0 Å². The zero-order valence-electron chi connectivity index (χ0n) is 19.2. The summed E-state index contributed by atoms with van der Waals surface area (Å²) in [7, 11) is 0. The first-order chi connectivity index (χ1) is 16.0. The van der Waals surface area contributed by atoms with Gasteiger partial charge in [-0.05, 0) is 74.8 Å². The van der Waals surface area contributed by atoms with Crippen LogP contribution in [0.5, 0.6) is 0 Å². The molecule has 2 amide bonds. The molecule has 0 unspecified atom stereocenters. The molecule has 2 aromatic carbocycles. The molecule has 1 aliphatic rings. The maximum atomic E-state index is 13.1. The Morgan fingerprint density at radius 3 is 2.70 bits per heavy atom. The highest BCUT2D eigenvalue weighted by atomic mass is 16.2. The lowest BCUT2D eigenvalue weighted by atomic mass is 9.89. The number of nitrogens with one attached hydrogen (secondary N) is 2. The van der Waals surface area contributed by atoms with Crippen molar-refractivity contribution in [3.05, 3.63) is 64.8 Å². The van der Waals surface area contributed by atoms with Gasteiger partial charge in [-0.25, -0.2) is 0 Å². The second-order valence-electron chi connectivity index (χ2n) is 8.84. The number of para-hydroxylation sites is 1. The average molecular weight is 445 g/mol. The first-order valence-corrected chi connectivity index (χ1v) is 11.9. The number of aromatic nitrogens is 1. The van der Waals surface area contributed by atoms with Crippen LogP contribution >= 0.6 is 0 Å². The maximum absolute atomic E-state index is 13.1. The molecule has 6 heteroatoms. The van der Waals surface area contributed by atoms with Gasteiger partial charge in [0.2, 0.25) is 5.91 Å². The van der Waals surface area contributed by atoms with E-state index >= 15 is 0 Å². The molecule has 0 radical (unpaired) electrons. The number of nitrogens with two attached hydrogens (primary N) is 1. The predicted molar refractivity (Wildman–Crippen MR) is 133 cm³/mol. The number of rotatable bonds is 8. The minimum absolute atomic E-state index is 0.0145. The Hall–Kier alpha value is -3.41. The van der Waals surface area contributed by atoms with E-state index in [9.17, 15) is 9.59 Å². The Bertz CT molecular complexity index is 1170. The van der Waals surface area contributed by atoms with Gasteiger partial charge in [-0.3, -0.25) is 14.6 Å². The van der Waals surface area contributed by atoms with E-state index in [1.165, 1.54) is 0 Å². The zero-order chi connectivity index (χ0) is 23.2. The summed E-state index contributed by atoms with van der Waals surface area (Å²) in [5.74, 6) is -0.0520. The van der Waals surface area contributed by atoms with Crippen LogP contribution in [0, 0.1) is 6.92 Å². The van der Waals surface area contributed by atoms with E-state index in [-0.39, 0.29) is 11.8 Å². The summed E-state index contributed by atoms with van der Waals surface area (Å²) in [5, 5.41) is 6.91. The van der Waals surface area contributed by atoms with Crippen molar-refractivity contribution in [2.45, 2.75) is 58.3 Å². The van der Waals surface area contributed by atoms with Crippen molar-refractivity contribution >= 4 is 34.1 Å². The quantitative estimate of drug-likeness (QED) is 0.339. The second kappa shape index (κ2) is 10.5. The van der Waals surface area contributed by atoms with Crippen LogP contribution in [0.3, 0.4) is 0 Å². The molecule has 4 N–H and O–H groups in total. The smallest absolute Gasteiger partial charge is 0.252 e. The lowest BCUT2D eigenvalue weighted by Crippen LogP contribution is -2.27. The van der Waals surface area contributed by atoms with Crippen LogP contribution < -0.4 is 16.4 Å². The highest BCUT2D eigenvalue weighted by molar-refractivity contribution is 6.07. The fourth-order valence-corrected chi connectivity index (χ4v) is 4.52. The third-order valence-corrected chi connectivity index (χ3v) is 6.24. The summed E-state index contributed by atoms with van der Waals surface area (Å²) in [6.07, 6.45) is 6.98. The molecule has 0 saturated heterocycles. The topological polar surface area (TPSA) is 97.1 Å². The van der Waals surface area contributed by atoms with Crippen LogP contribution in [0.25, 0.3) is 10.9 Å². The summed E-state index contributed by atoms with van der Waals surface area (Å²) < 4.78 is 0. The highest BCUT2D eigenvalue weighted by Gasteiger charge is 2.22. The van der Waals surface area contributed by atoms with Crippen molar-refractivity contribution in [3.8, 4) is 0 Å². The van der Waals surface area contributed by atoms with Gasteiger partial charge in [-0.2, -0.15) is 0 Å². The van der Waals surface area contributed by atoms with Crippen molar-refractivity contribution < 1.29 is 9.59 Å². The van der Waals surface area contributed by atoms with E-state index in [0.717, 1.165) is 78.2 Å². The Morgan fingerprint density at radius 1 is 1.03 bits per heavy atom. The van der Waals surface area contributed by atoms with E-state index in [0.29, 0.717) is 24.3 Å². The largest absolute Gasteiger partial charge is 0.397 e. The predicted octanol–water partition coefficient (Wildman–Crippen LogP) is 4.93. The first-order valence-electron chi connectivity index (χ1n) is 11.9. The van der Waals surface area contributed by atoms with Gasteiger partial charge in [0.25, 0.3) is 5.91 Å². The number of carbonyl (C=O) groups is 2. The Labute approximate surface area is 195 Å². The number of benzene rings is 2. The van der Waals surface area contributed by atoms with Crippen LogP contribution in [-0.4, -0.2) is 23.3 Å². The molecule has 0 spiro atoms. The van der Waals surface area contributed by atoms with Crippen molar-refractivity contribution in [1.82, 2.24) is 10.3 Å². The van der Waals surface area contributed by atoms with E-state index < -0.39 is 0 Å². The van der Waals surface area contributed by atoms with Gasteiger partial charge in [0.05, 0.1) is 22.5 Å². The number of fused-ring (bicyclic) bond motifs is 2. The van der Waals surface area contributed by atoms with Crippen molar-refractivity contribution in [2.75, 3.05) is 17.6 Å². The molecule has 172 valence electrons. The van der Waals surface area contributed by atoms with Crippen LogP contribution in [0.15, 0.2) is 42.5 Å². The summed E-state index contributed by atoms with van der Waals surface area (Å²) in [6.45, 7) is 2.56. The Morgan fingerprint density at radius 2 is 1.85 bits per heavy atom. The van der Waals surface area contributed by atoms with Crippen LogP contribution in [0.1, 0.15) is 65.7 Å². The van der Waals surface area contributed by atoms with Crippen molar-refractivity contribution in [2.24, 2.45) is 0 Å². The maximum Gasteiger partial charge on any atom is 0.252 e. The van der Waals surface area contributed by atoms with Crippen molar-refractivity contribution in [3.63, 3.8) is 0 Å². The number of anilines is 2. The molecular weight excluding hydrogens is 412 g/mol. The lowest BCUT2D eigenvalue weighted by Gasteiger charge is -2.20. The molecule has 0 bridgehead atoms. The van der Waals surface area contributed by atoms with Crippen molar-refractivity contribution in [1.29, 1.82) is 0 Å². The monoisotopic (exact) mass is 444 g/mol. The number of aryl methyl sites for hydroxylation is 2. The van der Waals surface area contributed by atoms with Gasteiger partial charge in [-0.15, -0.1) is 0 Å².